The number of nitrogens with two attached hydrogens (primary N) is 1. The summed E-state index contributed by atoms with van der Waals surface area (Å²) in [6.45, 7) is 3.58. The molecular formula is C40H70NO8P. The minimum absolute atomic E-state index is 0.0425. The molecule has 0 amide bonds. The highest BCUT2D eigenvalue weighted by Crippen LogP contribution is 2.43. The first-order valence-corrected chi connectivity index (χ1v) is 20.8. The quantitative estimate of drug-likeness (QED) is 0.0283. The van der Waals surface area contributed by atoms with Crippen molar-refractivity contribution in [1.82, 2.24) is 0 Å². The number of ether oxygens (including phenoxy) is 2. The highest BCUT2D eigenvalue weighted by molar-refractivity contribution is 7.47. The summed E-state index contributed by atoms with van der Waals surface area (Å²) in [6.07, 6.45) is 41.3. The average molecular weight is 724 g/mol. The average Bonchev–Trinajstić information content (AvgIpc) is 3.10. The number of carbonyl (C=O) groups is 2. The third-order valence-electron chi connectivity index (χ3n) is 7.67. The lowest BCUT2D eigenvalue weighted by Crippen LogP contribution is -2.29. The molecule has 0 aromatic carbocycles. The molecule has 3 N–H and O–H groups in total. The van der Waals surface area contributed by atoms with Crippen LogP contribution in [-0.2, 0) is 32.7 Å². The zero-order chi connectivity index (χ0) is 36.8. The maximum Gasteiger partial charge on any atom is 0.472 e. The van der Waals surface area contributed by atoms with E-state index < -0.39 is 32.5 Å². The molecule has 0 radical (unpaired) electrons. The van der Waals surface area contributed by atoms with Gasteiger partial charge in [-0.1, -0.05) is 145 Å². The van der Waals surface area contributed by atoms with E-state index in [1.165, 1.54) is 64.2 Å². The summed E-state index contributed by atoms with van der Waals surface area (Å²) >= 11 is 0. The zero-order valence-corrected chi connectivity index (χ0v) is 32.3. The molecule has 0 saturated heterocycles. The Kier molecular flexibility index (Phi) is 34.8. The van der Waals surface area contributed by atoms with Crippen LogP contribution < -0.4 is 5.73 Å². The van der Waals surface area contributed by atoms with Crippen molar-refractivity contribution >= 4 is 19.8 Å². The van der Waals surface area contributed by atoms with Crippen LogP contribution in [0.1, 0.15) is 149 Å². The fourth-order valence-electron chi connectivity index (χ4n) is 4.79. The van der Waals surface area contributed by atoms with Crippen molar-refractivity contribution in [2.24, 2.45) is 5.73 Å². The lowest BCUT2D eigenvalue weighted by atomic mass is 10.1. The molecule has 9 nitrogen and oxygen atoms in total. The number of phosphoric ester groups is 1. The standard InChI is InChI=1S/C40H70NO8P/c1-3-5-7-9-11-13-15-16-17-18-19-20-21-22-23-25-26-28-30-32-39(42)46-36-38(37-48-50(44,45)47-35-34-41)49-40(43)33-31-29-27-24-14-12-10-8-6-4-2/h11,13,16-17,19-20,22-23,26,28,38H,3-10,12,14-15,18,21,24-25,27,29-37,41H2,1-2H3,(H,44,45)/b13-11+,17-16+,20-19+,23-22+,28-26+/t38-/m0/s1. The van der Waals surface area contributed by atoms with Crippen LogP contribution in [0.2, 0.25) is 0 Å². The van der Waals surface area contributed by atoms with Gasteiger partial charge in [-0.25, -0.2) is 4.57 Å². The van der Waals surface area contributed by atoms with E-state index in [1.54, 1.807) is 0 Å². The van der Waals surface area contributed by atoms with Gasteiger partial charge in [-0.15, -0.1) is 0 Å². The minimum atomic E-state index is -4.38. The lowest BCUT2D eigenvalue weighted by Gasteiger charge is -2.19. The largest absolute Gasteiger partial charge is 0.472 e. The number of hydrogen-bond donors (Lipinski definition) is 2. The number of allylic oxidation sites excluding steroid dienone is 10. The predicted octanol–water partition coefficient (Wildman–Crippen LogP) is 10.5. The van der Waals surface area contributed by atoms with Crippen molar-refractivity contribution in [1.29, 1.82) is 0 Å². The van der Waals surface area contributed by atoms with Gasteiger partial charge in [-0.05, 0) is 51.4 Å². The van der Waals surface area contributed by atoms with E-state index >= 15 is 0 Å². The van der Waals surface area contributed by atoms with Gasteiger partial charge in [0.2, 0.25) is 0 Å². The van der Waals surface area contributed by atoms with E-state index in [1.807, 2.05) is 12.2 Å². The molecule has 2 atom stereocenters. The fourth-order valence-corrected chi connectivity index (χ4v) is 5.56. The Morgan fingerprint density at radius 1 is 0.600 bits per heavy atom. The van der Waals surface area contributed by atoms with Crippen LogP contribution in [0.4, 0.5) is 0 Å². The number of unbranched alkanes of at least 4 members (excludes halogenated alkanes) is 12. The van der Waals surface area contributed by atoms with Crippen molar-refractivity contribution < 1.29 is 37.6 Å². The van der Waals surface area contributed by atoms with Crippen LogP contribution in [0, 0.1) is 0 Å². The summed E-state index contributed by atoms with van der Waals surface area (Å²) in [4.78, 5) is 34.6. The SMILES string of the molecule is CCCCC/C=C/C/C=C/C/C=C/C/C=C/C/C=C/CCC(=O)OC[C@@H](COP(=O)(O)OCCN)OC(=O)CCCCCCCCCCCC. The van der Waals surface area contributed by atoms with Gasteiger partial charge in [-0.3, -0.25) is 18.6 Å². The van der Waals surface area contributed by atoms with Crippen LogP contribution in [0.5, 0.6) is 0 Å². The Balaban J connectivity index is 4.33. The van der Waals surface area contributed by atoms with E-state index in [0.29, 0.717) is 12.8 Å². The molecule has 0 fully saturated rings. The molecule has 0 spiro atoms. The molecule has 0 aromatic heterocycles. The first kappa shape index (κ1) is 47.7. The van der Waals surface area contributed by atoms with E-state index in [0.717, 1.165) is 44.9 Å². The molecular weight excluding hydrogens is 653 g/mol. The van der Waals surface area contributed by atoms with Gasteiger partial charge in [-0.2, -0.15) is 0 Å². The van der Waals surface area contributed by atoms with Crippen LogP contribution in [-0.4, -0.2) is 49.3 Å². The van der Waals surface area contributed by atoms with Gasteiger partial charge >= 0.3 is 19.8 Å². The summed E-state index contributed by atoms with van der Waals surface area (Å²) in [5.41, 5.74) is 5.32. The van der Waals surface area contributed by atoms with Gasteiger partial charge in [0.25, 0.3) is 0 Å². The molecule has 0 aliphatic carbocycles. The Labute approximate surface area is 304 Å². The Hall–Kier alpha value is -2.29. The lowest BCUT2D eigenvalue weighted by molar-refractivity contribution is -0.161. The maximum absolute atomic E-state index is 12.5. The van der Waals surface area contributed by atoms with Gasteiger partial charge in [0.05, 0.1) is 13.2 Å². The second-order valence-corrected chi connectivity index (χ2v) is 13.9. The van der Waals surface area contributed by atoms with Crippen molar-refractivity contribution in [2.75, 3.05) is 26.4 Å². The highest BCUT2D eigenvalue weighted by atomic mass is 31.2. The molecule has 10 heteroatoms. The van der Waals surface area contributed by atoms with Crippen LogP contribution >= 0.6 is 7.82 Å². The molecule has 0 aliphatic heterocycles. The third kappa shape index (κ3) is 35.5. The number of esters is 2. The van der Waals surface area contributed by atoms with E-state index in [2.05, 4.69) is 62.5 Å². The maximum atomic E-state index is 12.5. The molecule has 288 valence electrons. The number of rotatable bonds is 35. The van der Waals surface area contributed by atoms with Crippen LogP contribution in [0.15, 0.2) is 60.8 Å². The van der Waals surface area contributed by atoms with Gasteiger partial charge < -0.3 is 20.1 Å². The Bertz CT molecular complexity index is 1010. The van der Waals surface area contributed by atoms with E-state index in [4.69, 9.17) is 24.3 Å². The fraction of sp³-hybridized carbons (Fsp3) is 0.700. The topological polar surface area (TPSA) is 134 Å². The Morgan fingerprint density at radius 3 is 1.62 bits per heavy atom. The smallest absolute Gasteiger partial charge is 0.462 e. The summed E-state index contributed by atoms with van der Waals surface area (Å²) < 4.78 is 32.5. The molecule has 0 saturated carbocycles. The third-order valence-corrected chi connectivity index (χ3v) is 8.65. The molecule has 1 unspecified atom stereocenters. The number of phosphoric acid groups is 1. The molecule has 0 aromatic rings. The minimum Gasteiger partial charge on any atom is -0.462 e. The molecule has 0 heterocycles. The zero-order valence-electron chi connectivity index (χ0n) is 31.4. The van der Waals surface area contributed by atoms with Crippen molar-refractivity contribution in [3.8, 4) is 0 Å². The van der Waals surface area contributed by atoms with Crippen molar-refractivity contribution in [3.63, 3.8) is 0 Å². The van der Waals surface area contributed by atoms with Gasteiger partial charge in [0.1, 0.15) is 6.61 Å². The first-order valence-electron chi connectivity index (χ1n) is 19.3. The highest BCUT2D eigenvalue weighted by Gasteiger charge is 2.25. The van der Waals surface area contributed by atoms with Crippen LogP contribution in [0.25, 0.3) is 0 Å². The molecule has 0 bridgehead atoms. The molecule has 0 rings (SSSR count). The summed E-state index contributed by atoms with van der Waals surface area (Å²) in [5, 5.41) is 0. The summed E-state index contributed by atoms with van der Waals surface area (Å²) in [5.74, 6) is -0.931. The van der Waals surface area contributed by atoms with E-state index in [-0.39, 0.29) is 32.6 Å². The van der Waals surface area contributed by atoms with E-state index in [9.17, 15) is 19.0 Å². The second-order valence-electron chi connectivity index (χ2n) is 12.4. The first-order chi connectivity index (χ1) is 24.3. The van der Waals surface area contributed by atoms with Gasteiger partial charge in [0, 0.05) is 19.4 Å². The summed E-state index contributed by atoms with van der Waals surface area (Å²) in [6, 6.07) is 0. The van der Waals surface area contributed by atoms with Crippen molar-refractivity contribution in [2.45, 2.75) is 155 Å². The van der Waals surface area contributed by atoms with Gasteiger partial charge in [0.15, 0.2) is 6.10 Å². The number of hydrogen-bond acceptors (Lipinski definition) is 8. The molecule has 0 aliphatic rings. The Morgan fingerprint density at radius 2 is 1.08 bits per heavy atom. The predicted molar refractivity (Wildman–Crippen MR) is 206 cm³/mol. The molecule has 50 heavy (non-hydrogen) atoms. The number of carbonyl (C=O) groups excluding carboxylic acids is 2. The summed E-state index contributed by atoms with van der Waals surface area (Å²) in [7, 11) is -4.38. The van der Waals surface area contributed by atoms with Crippen LogP contribution in [0.3, 0.4) is 0 Å². The monoisotopic (exact) mass is 723 g/mol. The normalized spacial score (nSPS) is 14.1. The second kappa shape index (κ2) is 36.5. The van der Waals surface area contributed by atoms with Crippen molar-refractivity contribution in [3.05, 3.63) is 60.8 Å².